The van der Waals surface area contributed by atoms with Crippen molar-refractivity contribution in [3.05, 3.63) is 0 Å². The highest BCUT2D eigenvalue weighted by Gasteiger charge is 2.37. The zero-order valence-electron chi connectivity index (χ0n) is 11.0. The Balaban J connectivity index is 2.67. The average Bonchev–Trinajstić information content (AvgIpc) is 2.35. The molecule has 0 aliphatic carbocycles. The molecule has 1 aliphatic rings. The number of hydrogen-bond acceptors (Lipinski definition) is 4. The first-order valence-corrected chi connectivity index (χ1v) is 8.02. The van der Waals surface area contributed by atoms with Crippen molar-refractivity contribution in [3.8, 4) is 0 Å². The van der Waals surface area contributed by atoms with Gasteiger partial charge in [-0.05, 0) is 25.8 Å². The van der Waals surface area contributed by atoms with Crippen molar-refractivity contribution >= 4 is 19.5 Å². The molecule has 1 rings (SSSR count). The molecular weight excluding hydrogens is 271 g/mol. The fourth-order valence-corrected chi connectivity index (χ4v) is 3.33. The van der Waals surface area contributed by atoms with Crippen molar-refractivity contribution in [1.82, 2.24) is 15.1 Å². The highest BCUT2D eigenvalue weighted by atomic mass is 31.2. The van der Waals surface area contributed by atoms with E-state index in [0.717, 1.165) is 11.1 Å². The Morgan fingerprint density at radius 2 is 2.32 bits per heavy atom. The van der Waals surface area contributed by atoms with Gasteiger partial charge in [0.2, 0.25) is 5.91 Å². The van der Waals surface area contributed by atoms with E-state index in [1.165, 1.54) is 0 Å². The van der Waals surface area contributed by atoms with Crippen LogP contribution in [0.1, 0.15) is 26.2 Å². The zero-order valence-corrected chi connectivity index (χ0v) is 11.9. The fraction of sp³-hybridized carbons (Fsp3) is 0.800. The molecule has 110 valence electrons. The first-order valence-electron chi connectivity index (χ1n) is 6.29. The molecule has 9 heteroatoms. The molecule has 19 heavy (non-hydrogen) atoms. The first kappa shape index (κ1) is 16.1. The Kier molecular flexibility index (Phi) is 5.93. The summed E-state index contributed by atoms with van der Waals surface area (Å²) in [5.74, 6) is -1.50. The maximum absolute atomic E-state index is 12.2. The highest BCUT2D eigenvalue weighted by Crippen LogP contribution is 2.39. The lowest BCUT2D eigenvalue weighted by Crippen LogP contribution is -2.52. The topological polar surface area (TPSA) is 125 Å². The maximum atomic E-state index is 12.2. The van der Waals surface area contributed by atoms with Gasteiger partial charge >= 0.3 is 13.6 Å². The van der Waals surface area contributed by atoms with E-state index >= 15 is 0 Å². The van der Waals surface area contributed by atoms with Gasteiger partial charge in [0, 0.05) is 6.54 Å². The number of nitrogens with two attached hydrogens (primary N) is 1. The molecule has 0 bridgehead atoms. The van der Waals surface area contributed by atoms with Gasteiger partial charge in [-0.15, -0.1) is 0 Å². The first-order chi connectivity index (χ1) is 8.88. The van der Waals surface area contributed by atoms with E-state index in [9.17, 15) is 14.2 Å². The van der Waals surface area contributed by atoms with E-state index in [1.54, 1.807) is 0 Å². The molecule has 0 spiro atoms. The van der Waals surface area contributed by atoms with Crippen LogP contribution in [0.5, 0.6) is 0 Å². The smallest absolute Gasteiger partial charge is 0.317 e. The number of carboxylic acid groups (broad SMARTS) is 1. The lowest BCUT2D eigenvalue weighted by molar-refractivity contribution is -0.136. The largest absolute Gasteiger partial charge is 0.480 e. The molecule has 0 aromatic carbocycles. The fourth-order valence-electron chi connectivity index (χ4n) is 1.93. The third-order valence-corrected chi connectivity index (χ3v) is 4.60. The Labute approximate surface area is 112 Å². The summed E-state index contributed by atoms with van der Waals surface area (Å²) in [5, 5.41) is 13.9. The van der Waals surface area contributed by atoms with E-state index in [0.29, 0.717) is 19.4 Å². The predicted molar refractivity (Wildman–Crippen MR) is 70.5 cm³/mol. The summed E-state index contributed by atoms with van der Waals surface area (Å²) in [7, 11) is -3.63. The summed E-state index contributed by atoms with van der Waals surface area (Å²) in [4.78, 5) is 22.6. The van der Waals surface area contributed by atoms with Crippen LogP contribution in [0, 0.1) is 0 Å². The van der Waals surface area contributed by atoms with Gasteiger partial charge in [-0.1, -0.05) is 6.92 Å². The zero-order chi connectivity index (χ0) is 14.5. The van der Waals surface area contributed by atoms with Crippen LogP contribution in [0.3, 0.4) is 0 Å². The number of hydrogen-bond donors (Lipinski definition) is 4. The Bertz CT molecular complexity index is 390. The second-order valence-corrected chi connectivity index (χ2v) is 6.51. The molecule has 1 saturated heterocycles. The number of rotatable bonds is 7. The third-order valence-electron chi connectivity index (χ3n) is 2.87. The summed E-state index contributed by atoms with van der Waals surface area (Å²) in [6, 6.07) is -0.391. The molecule has 2 atom stereocenters. The number of nitrogens with zero attached hydrogens (tertiary/aromatic N) is 1. The average molecular weight is 292 g/mol. The van der Waals surface area contributed by atoms with Crippen LogP contribution in [-0.4, -0.2) is 47.3 Å². The van der Waals surface area contributed by atoms with Crippen molar-refractivity contribution in [1.29, 1.82) is 0 Å². The Hall–Kier alpha value is -0.950. The molecule has 1 heterocycles. The number of nitrogens with one attached hydrogen (secondary N) is 2. The molecule has 1 unspecified atom stereocenters. The van der Waals surface area contributed by atoms with Gasteiger partial charge in [0.05, 0.1) is 6.04 Å². The normalized spacial score (nSPS) is 23.2. The minimum atomic E-state index is -3.63. The minimum absolute atomic E-state index is 0.281. The molecule has 0 aromatic heterocycles. The van der Waals surface area contributed by atoms with E-state index in [-0.39, 0.29) is 12.5 Å². The second kappa shape index (κ2) is 7.00. The molecule has 0 aromatic rings. The van der Waals surface area contributed by atoms with E-state index in [1.807, 2.05) is 6.92 Å². The van der Waals surface area contributed by atoms with Gasteiger partial charge < -0.3 is 10.4 Å². The molecule has 0 radical (unpaired) electrons. The van der Waals surface area contributed by atoms with Gasteiger partial charge in [0.1, 0.15) is 6.54 Å². The van der Waals surface area contributed by atoms with Crippen molar-refractivity contribution < 1.29 is 19.3 Å². The van der Waals surface area contributed by atoms with E-state index in [2.05, 4.69) is 10.4 Å². The van der Waals surface area contributed by atoms with Crippen LogP contribution in [0.25, 0.3) is 0 Å². The van der Waals surface area contributed by atoms with Gasteiger partial charge in [-0.3, -0.25) is 24.3 Å². The van der Waals surface area contributed by atoms with Crippen LogP contribution in [0.4, 0.5) is 0 Å². The molecule has 0 saturated carbocycles. The van der Waals surface area contributed by atoms with Crippen LogP contribution >= 0.6 is 7.59 Å². The van der Waals surface area contributed by atoms with E-state index < -0.39 is 26.1 Å². The quantitative estimate of drug-likeness (QED) is 0.475. The Morgan fingerprint density at radius 1 is 1.63 bits per heavy atom. The van der Waals surface area contributed by atoms with Gasteiger partial charge in [-0.2, -0.15) is 0 Å². The number of aliphatic carboxylic acids is 1. The van der Waals surface area contributed by atoms with Gasteiger partial charge in [0.25, 0.3) is 0 Å². The number of carbonyl (C=O) groups excluding carboxylic acids is 1. The van der Waals surface area contributed by atoms with Crippen LogP contribution in [-0.2, 0) is 14.2 Å². The van der Waals surface area contributed by atoms with Crippen LogP contribution in [0.2, 0.25) is 0 Å². The number of piperidine rings is 1. The Morgan fingerprint density at radius 3 is 2.89 bits per heavy atom. The standard InChI is InChI=1S/C10H21N4O4P/c1-2-5-12-8-4-3-6-14(10(8)17)19(11,18)13-7-9(15)16/h8,12H,2-7H2,1H3,(H,15,16)(H3,11,13,18)/t8-,19?/m0/s1. The highest BCUT2D eigenvalue weighted by molar-refractivity contribution is 7.57. The number of carbonyl (C=O) groups is 2. The van der Waals surface area contributed by atoms with Gasteiger partial charge in [0.15, 0.2) is 0 Å². The van der Waals surface area contributed by atoms with Crippen molar-refractivity contribution in [2.45, 2.75) is 32.2 Å². The monoisotopic (exact) mass is 292 g/mol. The van der Waals surface area contributed by atoms with Crippen molar-refractivity contribution in [3.63, 3.8) is 0 Å². The maximum Gasteiger partial charge on any atom is 0.317 e. The molecular formula is C10H21N4O4P. The molecule has 5 N–H and O–H groups in total. The molecule has 1 fully saturated rings. The van der Waals surface area contributed by atoms with Gasteiger partial charge in [-0.25, -0.2) is 5.09 Å². The van der Waals surface area contributed by atoms with E-state index in [4.69, 9.17) is 10.6 Å². The molecule has 1 aliphatic heterocycles. The lowest BCUT2D eigenvalue weighted by Gasteiger charge is -2.35. The summed E-state index contributed by atoms with van der Waals surface area (Å²) >= 11 is 0. The third kappa shape index (κ3) is 4.58. The van der Waals surface area contributed by atoms with Crippen LogP contribution in [0.15, 0.2) is 0 Å². The lowest BCUT2D eigenvalue weighted by atomic mass is 10.1. The SMILES string of the molecule is CCCN[C@H]1CCCN(P(N)(=O)NCC(=O)O)C1=O. The minimum Gasteiger partial charge on any atom is -0.480 e. The van der Waals surface area contributed by atoms with Crippen LogP contribution < -0.4 is 15.9 Å². The predicted octanol–water partition coefficient (Wildman–Crippen LogP) is -0.282. The summed E-state index contributed by atoms with van der Waals surface area (Å²) in [6.45, 7) is 2.43. The van der Waals surface area contributed by atoms with Crippen molar-refractivity contribution in [2.24, 2.45) is 5.50 Å². The summed E-state index contributed by atoms with van der Waals surface area (Å²) in [6.07, 6.45) is 2.25. The summed E-state index contributed by atoms with van der Waals surface area (Å²) < 4.78 is 13.3. The van der Waals surface area contributed by atoms with Crippen molar-refractivity contribution in [2.75, 3.05) is 19.6 Å². The second-order valence-electron chi connectivity index (χ2n) is 4.46. The molecule has 8 nitrogen and oxygen atoms in total. The summed E-state index contributed by atoms with van der Waals surface area (Å²) in [5.41, 5.74) is 5.58. The number of carboxylic acids is 1. The molecule has 1 amide bonds. The number of amides is 1.